The topological polar surface area (TPSA) is 212 Å². The Morgan fingerprint density at radius 2 is 0.567 bits per heavy atom. The lowest BCUT2D eigenvalue weighted by molar-refractivity contribution is -0.152. The maximum Gasteiger partial charge on any atom is 0.309 e. The molecule has 14 heteroatoms. The van der Waals surface area contributed by atoms with Gasteiger partial charge in [-0.1, -0.05) is 401 Å². The Kier molecular flexibility index (Phi) is 79.8. The smallest absolute Gasteiger partial charge is 0.309 e. The number of carbonyl (C=O) groups excluding carboxylic acids is 2. The quantitative estimate of drug-likeness (QED) is 0.0359. The van der Waals surface area contributed by atoms with Crippen molar-refractivity contribution in [3.8, 4) is 0 Å². The number of unbranched alkanes of at least 4 members (excludes halogenated alkanes) is 43. The molecule has 0 saturated heterocycles. The van der Waals surface area contributed by atoms with E-state index in [4.69, 9.17) is 26.0 Å². The molecular weight excluding hydrogens is 1490 g/mol. The van der Waals surface area contributed by atoms with Gasteiger partial charge in [0, 0.05) is 44.7 Å². The zero-order valence-corrected chi connectivity index (χ0v) is 80.4. The highest BCUT2D eigenvalue weighted by atomic mass is 16.5. The number of pyridine rings is 2. The van der Waals surface area contributed by atoms with E-state index in [0.717, 1.165) is 168 Å². The molecule has 0 aliphatic heterocycles. The molecule has 6 N–H and O–H groups in total. The van der Waals surface area contributed by atoms with Crippen molar-refractivity contribution in [2.45, 2.75) is 511 Å². The number of nitrogens with zero attached hydrogens (tertiary/aromatic N) is 4. The van der Waals surface area contributed by atoms with Crippen LogP contribution in [0.15, 0.2) is 36.7 Å². The highest BCUT2D eigenvalue weighted by Gasteiger charge is 2.41. The molecule has 2 heterocycles. The van der Waals surface area contributed by atoms with Crippen molar-refractivity contribution in [3.63, 3.8) is 0 Å². The van der Waals surface area contributed by atoms with Crippen molar-refractivity contribution in [1.82, 2.24) is 19.8 Å². The molecule has 0 radical (unpaired) electrons. The number of hydrogen-bond donors (Lipinski definition) is 4. The first-order valence-electron chi connectivity index (χ1n) is 52.2. The van der Waals surface area contributed by atoms with Gasteiger partial charge in [0.15, 0.2) is 0 Å². The molecule has 0 bridgehead atoms. The third-order valence-electron chi connectivity index (χ3n) is 26.1. The van der Waals surface area contributed by atoms with Gasteiger partial charge in [0.25, 0.3) is 0 Å². The lowest BCUT2D eigenvalue weighted by Gasteiger charge is -2.37. The highest BCUT2D eigenvalue weighted by Crippen LogP contribution is 2.44. The second-order valence-electron chi connectivity index (χ2n) is 37.5. The Hall–Kier alpha value is -4.30. The number of aromatic nitrogens is 2. The van der Waals surface area contributed by atoms with Gasteiger partial charge in [-0.2, -0.15) is 0 Å². The first kappa shape index (κ1) is 114. The summed E-state index contributed by atoms with van der Waals surface area (Å²) in [6, 6.07) is 7.93. The van der Waals surface area contributed by atoms with Crippen LogP contribution in [0.3, 0.4) is 0 Å². The zero-order chi connectivity index (χ0) is 87.5. The molecule has 4 unspecified atom stereocenters. The van der Waals surface area contributed by atoms with Gasteiger partial charge >= 0.3 is 23.9 Å². The largest absolute Gasteiger partial charge is 0.481 e. The number of carboxylic acids is 2. The Labute approximate surface area is 742 Å². The molecule has 0 fully saturated rings. The van der Waals surface area contributed by atoms with E-state index < -0.39 is 17.4 Å². The van der Waals surface area contributed by atoms with E-state index in [1.807, 2.05) is 24.5 Å². The van der Waals surface area contributed by atoms with Crippen LogP contribution in [0.25, 0.3) is 0 Å². The molecule has 2 aromatic rings. The van der Waals surface area contributed by atoms with Gasteiger partial charge in [0.1, 0.15) is 11.6 Å². The minimum atomic E-state index is -0.707. The summed E-state index contributed by atoms with van der Waals surface area (Å²) in [5.41, 5.74) is 13.5. The predicted molar refractivity (Wildman–Crippen MR) is 515 cm³/mol. The molecular formula is C106H198N6O8. The van der Waals surface area contributed by atoms with Crippen molar-refractivity contribution >= 4 is 35.5 Å². The van der Waals surface area contributed by atoms with Gasteiger partial charge in [-0.15, -0.1) is 0 Å². The number of rotatable bonds is 90. The fourth-order valence-electron chi connectivity index (χ4n) is 18.1. The molecule has 14 nitrogen and oxygen atoms in total. The third kappa shape index (κ3) is 69.9. The monoisotopic (exact) mass is 1680 g/mol. The maximum absolute atomic E-state index is 13.9. The summed E-state index contributed by atoms with van der Waals surface area (Å²) in [5.74, 6) is 1.95. The molecule has 0 spiro atoms. The molecule has 2 aromatic heterocycles. The van der Waals surface area contributed by atoms with Crippen molar-refractivity contribution in [2.75, 3.05) is 63.9 Å². The molecule has 4 atom stereocenters. The van der Waals surface area contributed by atoms with Crippen LogP contribution < -0.4 is 11.5 Å². The third-order valence-corrected chi connectivity index (χ3v) is 26.1. The van der Waals surface area contributed by atoms with Crippen LogP contribution in [0, 0.1) is 29.1 Å². The molecule has 0 saturated carbocycles. The second-order valence-corrected chi connectivity index (χ2v) is 37.5. The van der Waals surface area contributed by atoms with Gasteiger partial charge in [0.2, 0.25) is 0 Å². The Morgan fingerprint density at radius 3 is 0.842 bits per heavy atom. The standard InChI is InChI=1S/2C53H99N3O4/c1-5-9-13-17-19-27-35-49(33-25-15-11-7-3)46-59-52(57)37-29-21-23-31-42-56(44-41-48-39-40-51(54)55-45-48)43-32-24-22-30-38-53(58)60-47-50(34-26-16-12-8-4)36-28-20-18-14-10-6-2;1-5-9-13-17-19-26-34-47(32-24-15-11-7-3)44-53(52(59)60,45-48(33-25-16-12-8-4)35-27-20-18-14-10-6-2)40-29-23-31-42-56(41-30-22-21-28-36-51(57)58)43-39-49-37-38-50(54)55-46-49/h39-40,45,49-50H,5-38,41-44,46-47H2,1-4H3,(H2,54,55);37-38,46-48H,5-36,39-45H2,1-4H3,(H2,54,55)(H,57,58)(H,59,60). The Bertz CT molecular complexity index is 2460. The van der Waals surface area contributed by atoms with Gasteiger partial charge in [0.05, 0.1) is 18.6 Å². The number of anilines is 2. The number of carboxylic acid groups (broad SMARTS) is 2. The lowest BCUT2D eigenvalue weighted by atomic mass is 9.67. The van der Waals surface area contributed by atoms with Crippen LogP contribution in [-0.4, -0.2) is 106 Å². The van der Waals surface area contributed by atoms with Crippen molar-refractivity contribution in [1.29, 1.82) is 0 Å². The summed E-state index contributed by atoms with van der Waals surface area (Å²) in [6.45, 7) is 25.5. The molecule has 0 aliphatic rings. The van der Waals surface area contributed by atoms with Crippen LogP contribution in [0.5, 0.6) is 0 Å². The predicted octanol–water partition coefficient (Wildman–Crippen LogP) is 30.8. The number of ether oxygens (including phenoxy) is 2. The van der Waals surface area contributed by atoms with Crippen molar-refractivity contribution in [3.05, 3.63) is 47.8 Å². The van der Waals surface area contributed by atoms with Crippen LogP contribution >= 0.6 is 0 Å². The van der Waals surface area contributed by atoms with E-state index >= 15 is 0 Å². The normalized spacial score (nSPS) is 13.2. The number of esters is 2. The number of carbonyl (C=O) groups is 4. The summed E-state index contributed by atoms with van der Waals surface area (Å²) in [7, 11) is 0. The fourth-order valence-corrected chi connectivity index (χ4v) is 18.1. The first-order valence-corrected chi connectivity index (χ1v) is 52.2. The minimum absolute atomic E-state index is 0.00556. The molecule has 0 aromatic carbocycles. The Balaban J connectivity index is 0.00000120. The van der Waals surface area contributed by atoms with E-state index in [1.165, 1.54) is 319 Å². The molecule has 2 rings (SSSR count). The number of hydrogen-bond acceptors (Lipinski definition) is 12. The van der Waals surface area contributed by atoms with Crippen LogP contribution in [0.4, 0.5) is 11.6 Å². The van der Waals surface area contributed by atoms with E-state index in [-0.39, 0.29) is 18.4 Å². The zero-order valence-electron chi connectivity index (χ0n) is 80.4. The number of aliphatic carboxylic acids is 2. The Morgan fingerprint density at radius 1 is 0.317 bits per heavy atom. The van der Waals surface area contributed by atoms with Gasteiger partial charge in [-0.3, -0.25) is 19.2 Å². The summed E-state index contributed by atoms with van der Waals surface area (Å²) in [5, 5.41) is 20.5. The maximum atomic E-state index is 13.9. The molecule has 0 amide bonds. The van der Waals surface area contributed by atoms with Crippen LogP contribution in [-0.2, 0) is 41.5 Å². The summed E-state index contributed by atoms with van der Waals surface area (Å²) >= 11 is 0. The highest BCUT2D eigenvalue weighted by molar-refractivity contribution is 5.74. The van der Waals surface area contributed by atoms with E-state index in [0.29, 0.717) is 61.4 Å². The second kappa shape index (κ2) is 84.2. The average Bonchev–Trinajstić information content (AvgIpc) is 0.818. The van der Waals surface area contributed by atoms with Crippen molar-refractivity contribution < 1.29 is 38.9 Å². The van der Waals surface area contributed by atoms with E-state index in [9.17, 15) is 24.3 Å². The number of nitrogens with two attached hydrogens (primary N) is 2. The lowest BCUT2D eigenvalue weighted by Crippen LogP contribution is -2.36. The first-order chi connectivity index (χ1) is 58.6. The summed E-state index contributed by atoms with van der Waals surface area (Å²) in [6.07, 6.45) is 86.2. The van der Waals surface area contributed by atoms with Gasteiger partial charge < -0.3 is 41.0 Å². The van der Waals surface area contributed by atoms with Crippen molar-refractivity contribution in [2.24, 2.45) is 29.1 Å². The molecule has 700 valence electrons. The molecule has 120 heavy (non-hydrogen) atoms. The van der Waals surface area contributed by atoms with Gasteiger partial charge in [-0.05, 0) is 176 Å². The summed E-state index contributed by atoms with van der Waals surface area (Å²) in [4.78, 5) is 64.1. The summed E-state index contributed by atoms with van der Waals surface area (Å²) < 4.78 is 11.7. The van der Waals surface area contributed by atoms with Crippen LogP contribution in [0.2, 0.25) is 0 Å². The SMILES string of the molecule is CCCCCCCCC(CCCCCC)CC(CCCCCN(CCCCCCC(=O)O)CCc1ccc(N)nc1)(CC(CCCCCC)CCCCCCCC)C(=O)O.CCCCCCCCC(CCCCCC)COC(=O)CCCCCCN(CCCCCCC(=O)OCC(CCCCCC)CCCCCCCC)CCc1ccc(N)nc1. The van der Waals surface area contributed by atoms with E-state index in [2.05, 4.69) is 87.3 Å². The van der Waals surface area contributed by atoms with Gasteiger partial charge in [-0.25, -0.2) is 9.97 Å². The minimum Gasteiger partial charge on any atom is -0.481 e. The molecule has 0 aliphatic carbocycles. The number of nitrogen functional groups attached to an aromatic ring is 2. The average molecular weight is 1680 g/mol. The fraction of sp³-hybridized carbons (Fsp3) is 0.868. The van der Waals surface area contributed by atoms with Crippen LogP contribution in [0.1, 0.15) is 510 Å². The van der Waals surface area contributed by atoms with E-state index in [1.54, 1.807) is 0 Å².